The highest BCUT2D eigenvalue weighted by molar-refractivity contribution is 9.10. The number of aromatic nitrogens is 3. The summed E-state index contributed by atoms with van der Waals surface area (Å²) in [5, 5.41) is 0. The lowest BCUT2D eigenvalue weighted by atomic mass is 10.1. The molecule has 0 bridgehead atoms. The molecule has 4 aromatic rings. The van der Waals surface area contributed by atoms with E-state index >= 15 is 0 Å². The Morgan fingerprint density at radius 3 is 2.26 bits per heavy atom. The maximum Gasteiger partial charge on any atom is 0.160 e. The maximum absolute atomic E-state index is 4.78. The lowest BCUT2D eigenvalue weighted by Gasteiger charge is -2.08. The van der Waals surface area contributed by atoms with Crippen molar-refractivity contribution in [2.75, 3.05) is 0 Å². The van der Waals surface area contributed by atoms with Crippen molar-refractivity contribution < 1.29 is 0 Å². The van der Waals surface area contributed by atoms with Gasteiger partial charge in [0.2, 0.25) is 0 Å². The van der Waals surface area contributed by atoms with Crippen LogP contribution in [0.25, 0.3) is 33.7 Å². The van der Waals surface area contributed by atoms with Gasteiger partial charge in [0.05, 0.1) is 5.52 Å². The van der Waals surface area contributed by atoms with Crippen LogP contribution in [0, 0.1) is 0 Å². The molecule has 4 rings (SSSR count). The summed E-state index contributed by atoms with van der Waals surface area (Å²) in [5.41, 5.74) is 4.53. The summed E-state index contributed by atoms with van der Waals surface area (Å²) in [6.45, 7) is 0. The number of nitrogens with zero attached hydrogens (tertiary/aromatic N) is 3. The number of benzene rings is 2. The van der Waals surface area contributed by atoms with Crippen LogP contribution in [0.1, 0.15) is 0 Å². The number of halogens is 1. The Balaban J connectivity index is 2.00. The third-order valence-corrected chi connectivity index (χ3v) is 4.13. The van der Waals surface area contributed by atoms with Gasteiger partial charge in [-0.15, -0.1) is 0 Å². The second-order valence-corrected chi connectivity index (χ2v) is 6.06. The van der Waals surface area contributed by atoms with Gasteiger partial charge in [-0.1, -0.05) is 58.4 Å². The first-order valence-electron chi connectivity index (χ1n) is 7.25. The fourth-order valence-electron chi connectivity index (χ4n) is 2.49. The number of rotatable bonds is 2. The van der Waals surface area contributed by atoms with Gasteiger partial charge in [0.25, 0.3) is 0 Å². The maximum atomic E-state index is 4.78. The molecule has 0 radical (unpaired) electrons. The number of hydrogen-bond donors (Lipinski definition) is 0. The molecule has 0 unspecified atom stereocenters. The third-order valence-electron chi connectivity index (χ3n) is 3.60. The zero-order valence-electron chi connectivity index (χ0n) is 12.1. The summed E-state index contributed by atoms with van der Waals surface area (Å²) in [6.07, 6.45) is 1.77. The average molecular weight is 362 g/mol. The van der Waals surface area contributed by atoms with Crippen molar-refractivity contribution in [2.45, 2.75) is 0 Å². The predicted molar refractivity (Wildman–Crippen MR) is 95.9 cm³/mol. The van der Waals surface area contributed by atoms with E-state index in [0.29, 0.717) is 5.82 Å². The van der Waals surface area contributed by atoms with Crippen LogP contribution in [-0.2, 0) is 0 Å². The van der Waals surface area contributed by atoms with E-state index in [1.807, 2.05) is 66.7 Å². The van der Waals surface area contributed by atoms with E-state index in [-0.39, 0.29) is 0 Å². The van der Waals surface area contributed by atoms with E-state index in [1.165, 1.54) is 0 Å². The van der Waals surface area contributed by atoms with Crippen LogP contribution < -0.4 is 0 Å². The number of fused-ring (bicyclic) bond motifs is 1. The monoisotopic (exact) mass is 361 g/mol. The van der Waals surface area contributed by atoms with Crippen LogP contribution >= 0.6 is 15.9 Å². The van der Waals surface area contributed by atoms with Crippen molar-refractivity contribution in [2.24, 2.45) is 0 Å². The number of pyridine rings is 1. The van der Waals surface area contributed by atoms with Gasteiger partial charge in [-0.25, -0.2) is 9.97 Å². The van der Waals surface area contributed by atoms with Gasteiger partial charge >= 0.3 is 0 Å². The minimum absolute atomic E-state index is 0.712. The quantitative estimate of drug-likeness (QED) is 0.497. The fourth-order valence-corrected chi connectivity index (χ4v) is 2.76. The molecule has 4 heteroatoms. The van der Waals surface area contributed by atoms with Crippen molar-refractivity contribution in [3.05, 3.63) is 77.4 Å². The molecule has 2 aromatic carbocycles. The molecule has 0 saturated heterocycles. The van der Waals surface area contributed by atoms with E-state index in [0.717, 1.165) is 32.3 Å². The van der Waals surface area contributed by atoms with Gasteiger partial charge < -0.3 is 0 Å². The van der Waals surface area contributed by atoms with Gasteiger partial charge in [0.1, 0.15) is 11.2 Å². The fraction of sp³-hybridized carbons (Fsp3) is 0. The van der Waals surface area contributed by atoms with Crippen molar-refractivity contribution in [1.29, 1.82) is 0 Å². The summed E-state index contributed by atoms with van der Waals surface area (Å²) < 4.78 is 1.04. The topological polar surface area (TPSA) is 38.7 Å². The Morgan fingerprint density at radius 1 is 0.696 bits per heavy atom. The van der Waals surface area contributed by atoms with Crippen LogP contribution in [0.4, 0.5) is 0 Å². The van der Waals surface area contributed by atoms with E-state index < -0.39 is 0 Å². The lowest BCUT2D eigenvalue weighted by Crippen LogP contribution is -1.96. The van der Waals surface area contributed by atoms with Gasteiger partial charge in [-0.3, -0.25) is 4.98 Å². The SMILES string of the molecule is Brc1ccc(-c2nc(-c3ccccc3)nc3cccnc23)cc1. The van der Waals surface area contributed by atoms with Crippen molar-refractivity contribution in [1.82, 2.24) is 15.0 Å². The van der Waals surface area contributed by atoms with E-state index in [9.17, 15) is 0 Å². The Bertz CT molecular complexity index is 967. The molecule has 2 heterocycles. The van der Waals surface area contributed by atoms with Crippen LogP contribution in [0.2, 0.25) is 0 Å². The molecule has 23 heavy (non-hydrogen) atoms. The van der Waals surface area contributed by atoms with Crippen molar-refractivity contribution in [3.8, 4) is 22.6 Å². The Morgan fingerprint density at radius 2 is 1.48 bits per heavy atom. The summed E-state index contributed by atoms with van der Waals surface area (Å²) in [6, 6.07) is 22.0. The zero-order chi connectivity index (χ0) is 15.6. The van der Waals surface area contributed by atoms with Crippen LogP contribution in [0.5, 0.6) is 0 Å². The second-order valence-electron chi connectivity index (χ2n) is 5.14. The largest absolute Gasteiger partial charge is 0.252 e. The van der Waals surface area contributed by atoms with Crippen molar-refractivity contribution >= 4 is 27.0 Å². The van der Waals surface area contributed by atoms with Gasteiger partial charge in [-0.05, 0) is 24.3 Å². The highest BCUT2D eigenvalue weighted by Gasteiger charge is 2.11. The van der Waals surface area contributed by atoms with Crippen LogP contribution in [-0.4, -0.2) is 15.0 Å². The normalized spacial score (nSPS) is 10.8. The molecule has 110 valence electrons. The van der Waals surface area contributed by atoms with Crippen LogP contribution in [0.15, 0.2) is 77.4 Å². The minimum Gasteiger partial charge on any atom is -0.252 e. The first kappa shape index (κ1) is 14.0. The summed E-state index contributed by atoms with van der Waals surface area (Å²) >= 11 is 3.47. The smallest absolute Gasteiger partial charge is 0.160 e. The molecule has 0 atom stereocenters. The van der Waals surface area contributed by atoms with E-state index in [2.05, 4.69) is 25.9 Å². The molecular weight excluding hydrogens is 350 g/mol. The van der Waals surface area contributed by atoms with Crippen LogP contribution in [0.3, 0.4) is 0 Å². The number of hydrogen-bond acceptors (Lipinski definition) is 3. The molecule has 0 spiro atoms. The molecule has 0 saturated carbocycles. The molecule has 0 aliphatic rings. The second kappa shape index (κ2) is 5.89. The summed E-state index contributed by atoms with van der Waals surface area (Å²) in [7, 11) is 0. The Labute approximate surface area is 142 Å². The zero-order valence-corrected chi connectivity index (χ0v) is 13.7. The molecule has 3 nitrogen and oxygen atoms in total. The molecule has 0 fully saturated rings. The molecule has 0 aliphatic heterocycles. The summed E-state index contributed by atoms with van der Waals surface area (Å²) in [4.78, 5) is 13.9. The molecule has 0 aliphatic carbocycles. The minimum atomic E-state index is 0.712. The first-order chi connectivity index (χ1) is 11.3. The van der Waals surface area contributed by atoms with Gasteiger partial charge in [-0.2, -0.15) is 0 Å². The Kier molecular flexibility index (Phi) is 3.60. The van der Waals surface area contributed by atoms with Gasteiger partial charge in [0.15, 0.2) is 5.82 Å². The first-order valence-corrected chi connectivity index (χ1v) is 8.05. The van der Waals surface area contributed by atoms with E-state index in [4.69, 9.17) is 4.98 Å². The Hall–Kier alpha value is -2.59. The molecule has 2 aromatic heterocycles. The predicted octanol–water partition coefficient (Wildman–Crippen LogP) is 5.12. The lowest BCUT2D eigenvalue weighted by molar-refractivity contribution is 1.20. The average Bonchev–Trinajstić information content (AvgIpc) is 2.62. The summed E-state index contributed by atoms with van der Waals surface area (Å²) in [5.74, 6) is 0.712. The highest BCUT2D eigenvalue weighted by atomic mass is 79.9. The standard InChI is InChI=1S/C19H12BrN3/c20-15-10-8-13(9-11-15)17-18-16(7-4-12-21-18)22-19(23-17)14-5-2-1-3-6-14/h1-12H. The molecular formula is C19H12BrN3. The molecule has 0 amide bonds. The highest BCUT2D eigenvalue weighted by Crippen LogP contribution is 2.28. The van der Waals surface area contributed by atoms with Gasteiger partial charge in [0, 0.05) is 21.8 Å². The van der Waals surface area contributed by atoms with E-state index in [1.54, 1.807) is 6.20 Å². The van der Waals surface area contributed by atoms with Crippen molar-refractivity contribution in [3.63, 3.8) is 0 Å². The molecule has 0 N–H and O–H groups in total. The third kappa shape index (κ3) is 2.73.